The molecule has 0 amide bonds. The smallest absolute Gasteiger partial charge is 0.165 e. The van der Waals surface area contributed by atoms with E-state index in [-0.39, 0.29) is 0 Å². The maximum atomic E-state index is 5.93. The van der Waals surface area contributed by atoms with E-state index < -0.39 is 0 Å². The molecule has 1 aromatic carbocycles. The standard InChI is InChI=1S/C18H26N2O2/c1-2-9-20-10-8-15(16(20)6-1)19-13-14-5-3-7-17-18(14)22-12-4-11-21-17/h3,5,7,15-16,19H,1-2,4,6,8-13H2/t15-,16-/m0/s1. The molecule has 0 bridgehead atoms. The van der Waals surface area contributed by atoms with Gasteiger partial charge in [0.15, 0.2) is 11.5 Å². The highest BCUT2D eigenvalue weighted by molar-refractivity contribution is 5.47. The van der Waals surface area contributed by atoms with Crippen LogP contribution in [-0.4, -0.2) is 43.3 Å². The van der Waals surface area contributed by atoms with E-state index in [0.29, 0.717) is 6.04 Å². The Kier molecular flexibility index (Phi) is 4.22. The minimum absolute atomic E-state index is 0.628. The van der Waals surface area contributed by atoms with Crippen molar-refractivity contribution in [3.63, 3.8) is 0 Å². The number of nitrogens with zero attached hydrogens (tertiary/aromatic N) is 1. The van der Waals surface area contributed by atoms with Crippen molar-refractivity contribution in [2.24, 2.45) is 0 Å². The normalized spacial score (nSPS) is 28.2. The van der Waals surface area contributed by atoms with Gasteiger partial charge in [0.05, 0.1) is 13.2 Å². The van der Waals surface area contributed by atoms with Crippen LogP contribution in [0.3, 0.4) is 0 Å². The molecule has 4 heteroatoms. The Balaban J connectivity index is 1.43. The average Bonchev–Trinajstić information content (AvgIpc) is 2.81. The van der Waals surface area contributed by atoms with E-state index in [1.54, 1.807) is 0 Å². The minimum Gasteiger partial charge on any atom is -0.490 e. The average molecular weight is 302 g/mol. The van der Waals surface area contributed by atoms with Crippen LogP contribution in [0.5, 0.6) is 11.5 Å². The van der Waals surface area contributed by atoms with Crippen LogP contribution in [0.25, 0.3) is 0 Å². The summed E-state index contributed by atoms with van der Waals surface area (Å²) in [6.07, 6.45) is 6.35. The molecule has 4 nitrogen and oxygen atoms in total. The number of benzene rings is 1. The number of piperidine rings is 1. The molecule has 3 aliphatic rings. The zero-order valence-corrected chi connectivity index (χ0v) is 13.2. The van der Waals surface area contributed by atoms with E-state index in [0.717, 1.165) is 43.7 Å². The van der Waals surface area contributed by atoms with Crippen molar-refractivity contribution in [1.29, 1.82) is 0 Å². The summed E-state index contributed by atoms with van der Waals surface area (Å²) in [5, 5.41) is 3.79. The molecular weight excluding hydrogens is 276 g/mol. The SMILES string of the molecule is c1cc(CN[C@H]2CCN3CCCC[C@@H]23)c2c(c1)OCCCO2. The Morgan fingerprint density at radius 2 is 2.00 bits per heavy atom. The number of nitrogens with one attached hydrogen (secondary N) is 1. The van der Waals surface area contributed by atoms with E-state index in [9.17, 15) is 0 Å². The summed E-state index contributed by atoms with van der Waals surface area (Å²) in [6, 6.07) is 7.62. The summed E-state index contributed by atoms with van der Waals surface area (Å²) in [7, 11) is 0. The fourth-order valence-electron chi connectivity index (χ4n) is 4.12. The first-order chi connectivity index (χ1) is 10.9. The molecule has 120 valence electrons. The van der Waals surface area contributed by atoms with Gasteiger partial charge in [-0.15, -0.1) is 0 Å². The Hall–Kier alpha value is -1.26. The molecule has 2 fully saturated rings. The van der Waals surface area contributed by atoms with E-state index in [1.165, 1.54) is 44.3 Å². The minimum atomic E-state index is 0.628. The molecule has 3 heterocycles. The molecule has 22 heavy (non-hydrogen) atoms. The van der Waals surface area contributed by atoms with Gasteiger partial charge in [0, 0.05) is 37.2 Å². The maximum Gasteiger partial charge on any atom is 0.165 e. The van der Waals surface area contributed by atoms with E-state index in [2.05, 4.69) is 22.3 Å². The van der Waals surface area contributed by atoms with Gasteiger partial charge in [0.2, 0.25) is 0 Å². The molecule has 0 aliphatic carbocycles. The van der Waals surface area contributed by atoms with Gasteiger partial charge in [0.25, 0.3) is 0 Å². The van der Waals surface area contributed by atoms with Crippen LogP contribution in [0.15, 0.2) is 18.2 Å². The zero-order chi connectivity index (χ0) is 14.8. The molecule has 2 saturated heterocycles. The van der Waals surface area contributed by atoms with Gasteiger partial charge in [-0.25, -0.2) is 0 Å². The first-order valence-electron chi connectivity index (χ1n) is 8.77. The maximum absolute atomic E-state index is 5.93. The van der Waals surface area contributed by atoms with Crippen LogP contribution < -0.4 is 14.8 Å². The molecule has 0 radical (unpaired) electrons. The first-order valence-corrected chi connectivity index (χ1v) is 8.77. The van der Waals surface area contributed by atoms with Crippen molar-refractivity contribution in [2.75, 3.05) is 26.3 Å². The molecule has 3 aliphatic heterocycles. The summed E-state index contributed by atoms with van der Waals surface area (Å²) < 4.78 is 11.7. The van der Waals surface area contributed by atoms with Crippen molar-refractivity contribution in [3.05, 3.63) is 23.8 Å². The summed E-state index contributed by atoms with van der Waals surface area (Å²) in [6.45, 7) is 4.93. The van der Waals surface area contributed by atoms with Gasteiger partial charge < -0.3 is 14.8 Å². The number of rotatable bonds is 3. The second-order valence-corrected chi connectivity index (χ2v) is 6.67. The molecule has 4 rings (SSSR count). The highest BCUT2D eigenvalue weighted by atomic mass is 16.5. The lowest BCUT2D eigenvalue weighted by molar-refractivity contribution is 0.180. The van der Waals surface area contributed by atoms with Crippen molar-refractivity contribution < 1.29 is 9.47 Å². The van der Waals surface area contributed by atoms with Crippen molar-refractivity contribution >= 4 is 0 Å². The van der Waals surface area contributed by atoms with E-state index in [1.807, 2.05) is 6.07 Å². The highest BCUT2D eigenvalue weighted by Crippen LogP contribution is 2.34. The third-order valence-corrected chi connectivity index (χ3v) is 5.26. The van der Waals surface area contributed by atoms with Crippen molar-refractivity contribution in [3.8, 4) is 11.5 Å². The van der Waals surface area contributed by atoms with Gasteiger partial charge >= 0.3 is 0 Å². The predicted octanol–water partition coefficient (Wildman–Crippen LogP) is 2.56. The van der Waals surface area contributed by atoms with Gasteiger partial charge in [-0.05, 0) is 31.9 Å². The van der Waals surface area contributed by atoms with E-state index in [4.69, 9.17) is 9.47 Å². The third kappa shape index (κ3) is 2.82. The Labute approximate surface area is 132 Å². The molecule has 0 saturated carbocycles. The van der Waals surface area contributed by atoms with E-state index >= 15 is 0 Å². The van der Waals surface area contributed by atoms with Gasteiger partial charge in [0.1, 0.15) is 0 Å². The highest BCUT2D eigenvalue weighted by Gasteiger charge is 2.35. The largest absolute Gasteiger partial charge is 0.490 e. The molecule has 0 spiro atoms. The Morgan fingerprint density at radius 3 is 3.00 bits per heavy atom. The lowest BCUT2D eigenvalue weighted by Crippen LogP contribution is -2.44. The fraction of sp³-hybridized carbons (Fsp3) is 0.667. The first kappa shape index (κ1) is 14.3. The zero-order valence-electron chi connectivity index (χ0n) is 13.2. The topological polar surface area (TPSA) is 33.7 Å². The van der Waals surface area contributed by atoms with Crippen LogP contribution in [-0.2, 0) is 6.54 Å². The number of ether oxygens (including phenoxy) is 2. The quantitative estimate of drug-likeness (QED) is 0.930. The summed E-state index contributed by atoms with van der Waals surface area (Å²) in [5.74, 6) is 1.86. The Bertz CT molecular complexity index is 520. The molecule has 1 N–H and O–H groups in total. The lowest BCUT2D eigenvalue weighted by Gasteiger charge is -2.32. The molecular formula is C18H26N2O2. The van der Waals surface area contributed by atoms with Gasteiger partial charge in [-0.2, -0.15) is 0 Å². The van der Waals surface area contributed by atoms with Gasteiger partial charge in [-0.1, -0.05) is 18.6 Å². The number of para-hydroxylation sites is 1. The summed E-state index contributed by atoms with van der Waals surface area (Å²) >= 11 is 0. The van der Waals surface area contributed by atoms with Crippen LogP contribution in [0.2, 0.25) is 0 Å². The number of hydrogen-bond acceptors (Lipinski definition) is 4. The van der Waals surface area contributed by atoms with Crippen LogP contribution in [0, 0.1) is 0 Å². The summed E-state index contributed by atoms with van der Waals surface area (Å²) in [4.78, 5) is 2.67. The van der Waals surface area contributed by atoms with Crippen molar-refractivity contribution in [1.82, 2.24) is 10.2 Å². The van der Waals surface area contributed by atoms with Crippen LogP contribution in [0.4, 0.5) is 0 Å². The molecule has 2 atom stereocenters. The molecule has 1 aromatic rings. The second-order valence-electron chi connectivity index (χ2n) is 6.67. The fourth-order valence-corrected chi connectivity index (χ4v) is 4.12. The third-order valence-electron chi connectivity index (χ3n) is 5.26. The predicted molar refractivity (Wildman–Crippen MR) is 86.5 cm³/mol. The van der Waals surface area contributed by atoms with Crippen LogP contribution >= 0.6 is 0 Å². The van der Waals surface area contributed by atoms with Crippen LogP contribution in [0.1, 0.15) is 37.7 Å². The summed E-state index contributed by atoms with van der Waals surface area (Å²) in [5.41, 5.74) is 1.23. The molecule has 0 aromatic heterocycles. The van der Waals surface area contributed by atoms with Gasteiger partial charge in [-0.3, -0.25) is 4.90 Å². The Morgan fingerprint density at radius 1 is 1.05 bits per heavy atom. The number of fused-ring (bicyclic) bond motifs is 2. The monoisotopic (exact) mass is 302 g/mol. The lowest BCUT2D eigenvalue weighted by atomic mass is 9.99. The molecule has 0 unspecified atom stereocenters. The second kappa shape index (κ2) is 6.47. The number of hydrogen-bond donors (Lipinski definition) is 1. The van der Waals surface area contributed by atoms with Crippen molar-refractivity contribution in [2.45, 2.75) is 50.7 Å².